The fourth-order valence-electron chi connectivity index (χ4n) is 1.47. The molecule has 6 heteroatoms. The summed E-state index contributed by atoms with van der Waals surface area (Å²) in [6, 6.07) is 3.93. The number of carbonyl (C=O) groups is 1. The van der Waals surface area contributed by atoms with Crippen LogP contribution in [0.25, 0.3) is 0 Å². The highest BCUT2D eigenvalue weighted by Gasteiger charge is 2.10. The topological polar surface area (TPSA) is 46.2 Å². The summed E-state index contributed by atoms with van der Waals surface area (Å²) >= 11 is 5.84. The lowest BCUT2D eigenvalue weighted by Crippen LogP contribution is -2.29. The van der Waals surface area contributed by atoms with Crippen LogP contribution >= 0.6 is 11.6 Å². The van der Waals surface area contributed by atoms with Gasteiger partial charge in [-0.15, -0.1) is 0 Å². The predicted octanol–water partition coefficient (Wildman–Crippen LogP) is 2.64. The van der Waals surface area contributed by atoms with Gasteiger partial charge in [-0.1, -0.05) is 31.0 Å². The molecule has 0 fully saturated rings. The molecule has 106 valence electrons. The van der Waals surface area contributed by atoms with Crippen LogP contribution in [0.1, 0.15) is 25.3 Å². The number of unbranched alkanes of at least 4 members (excludes halogenated alkanes) is 1. The van der Waals surface area contributed by atoms with Gasteiger partial charge in [0.15, 0.2) is 0 Å². The first-order valence-corrected chi connectivity index (χ1v) is 7.95. The van der Waals surface area contributed by atoms with Crippen molar-refractivity contribution in [1.82, 2.24) is 5.32 Å². The molecule has 0 heterocycles. The zero-order valence-corrected chi connectivity index (χ0v) is 12.3. The monoisotopic (exact) mass is 305 g/mol. The second kappa shape index (κ2) is 8.27. The Balaban J connectivity index is 2.44. The smallest absolute Gasteiger partial charge is 0.232 e. The Morgan fingerprint density at radius 2 is 2.21 bits per heavy atom. The first kappa shape index (κ1) is 16.1. The molecule has 0 unspecified atom stereocenters. The first-order valence-electron chi connectivity index (χ1n) is 6.08. The average molecular weight is 306 g/mol. The Labute approximate surface area is 120 Å². The van der Waals surface area contributed by atoms with Crippen molar-refractivity contribution in [3.63, 3.8) is 0 Å². The summed E-state index contributed by atoms with van der Waals surface area (Å²) in [4.78, 5) is 11.5. The van der Waals surface area contributed by atoms with Gasteiger partial charge < -0.3 is 5.32 Å². The first-order chi connectivity index (χ1) is 9.02. The predicted molar refractivity (Wildman–Crippen MR) is 76.0 cm³/mol. The number of amides is 1. The lowest BCUT2D eigenvalue weighted by Gasteiger charge is -2.06. The second-order valence-corrected chi connectivity index (χ2v) is 6.03. The van der Waals surface area contributed by atoms with E-state index in [-0.39, 0.29) is 22.4 Å². The molecule has 0 aliphatic rings. The van der Waals surface area contributed by atoms with Crippen LogP contribution in [0.4, 0.5) is 4.39 Å². The molecule has 1 amide bonds. The maximum atomic E-state index is 12.8. The van der Waals surface area contributed by atoms with Gasteiger partial charge in [0.05, 0.1) is 5.75 Å². The van der Waals surface area contributed by atoms with E-state index in [9.17, 15) is 13.4 Å². The van der Waals surface area contributed by atoms with E-state index in [4.69, 9.17) is 11.6 Å². The van der Waals surface area contributed by atoms with Gasteiger partial charge in [0.2, 0.25) is 5.91 Å². The van der Waals surface area contributed by atoms with E-state index in [0.717, 1.165) is 12.8 Å². The molecule has 0 radical (unpaired) electrons. The quantitative estimate of drug-likeness (QED) is 0.787. The molecule has 1 aromatic carbocycles. The van der Waals surface area contributed by atoms with E-state index in [1.165, 1.54) is 18.2 Å². The zero-order chi connectivity index (χ0) is 14.3. The van der Waals surface area contributed by atoms with Crippen molar-refractivity contribution in [2.45, 2.75) is 25.5 Å². The van der Waals surface area contributed by atoms with Gasteiger partial charge in [0.25, 0.3) is 0 Å². The van der Waals surface area contributed by atoms with Crippen molar-refractivity contribution in [3.8, 4) is 0 Å². The van der Waals surface area contributed by atoms with Crippen LogP contribution in [-0.2, 0) is 21.3 Å². The van der Waals surface area contributed by atoms with Gasteiger partial charge in [-0.3, -0.25) is 9.00 Å². The number of benzene rings is 1. The van der Waals surface area contributed by atoms with Crippen molar-refractivity contribution >= 4 is 28.3 Å². The zero-order valence-electron chi connectivity index (χ0n) is 10.7. The standard InChI is InChI=1S/C13H17ClFNO2S/c1-2-3-6-16-13(17)9-19(18)8-10-4-5-11(15)7-12(10)14/h4-5,7H,2-3,6,8-9H2,1H3,(H,16,17)/t19-/m1/s1. The Bertz CT molecular complexity index is 468. The summed E-state index contributed by atoms with van der Waals surface area (Å²) in [5, 5.41) is 2.93. The number of carbonyl (C=O) groups excluding carboxylic acids is 1. The van der Waals surface area contributed by atoms with E-state index >= 15 is 0 Å². The largest absolute Gasteiger partial charge is 0.355 e. The van der Waals surface area contributed by atoms with Crippen LogP contribution in [0, 0.1) is 5.82 Å². The van der Waals surface area contributed by atoms with Crippen LogP contribution in [0.5, 0.6) is 0 Å². The maximum absolute atomic E-state index is 12.8. The third-order valence-electron chi connectivity index (χ3n) is 2.48. The van der Waals surface area contributed by atoms with Gasteiger partial charge in [-0.25, -0.2) is 4.39 Å². The van der Waals surface area contributed by atoms with Crippen LogP contribution in [0.15, 0.2) is 18.2 Å². The van der Waals surface area contributed by atoms with Gasteiger partial charge in [-0.2, -0.15) is 0 Å². The molecule has 1 aromatic rings. The molecule has 1 atom stereocenters. The highest BCUT2D eigenvalue weighted by molar-refractivity contribution is 7.84. The molecule has 0 bridgehead atoms. The molecule has 0 aromatic heterocycles. The lowest BCUT2D eigenvalue weighted by atomic mass is 10.2. The van der Waals surface area contributed by atoms with E-state index in [1.54, 1.807) is 0 Å². The summed E-state index contributed by atoms with van der Waals surface area (Å²) in [6.45, 7) is 2.63. The van der Waals surface area contributed by atoms with Crippen molar-refractivity contribution in [1.29, 1.82) is 0 Å². The van der Waals surface area contributed by atoms with Crippen LogP contribution in [-0.4, -0.2) is 22.4 Å². The maximum Gasteiger partial charge on any atom is 0.232 e. The minimum atomic E-state index is -1.34. The molecule has 1 N–H and O–H groups in total. The molecule has 1 rings (SSSR count). The summed E-state index contributed by atoms with van der Waals surface area (Å²) in [5.41, 5.74) is 0.586. The van der Waals surface area contributed by atoms with Gasteiger partial charge in [-0.05, 0) is 24.1 Å². The van der Waals surface area contributed by atoms with Crippen molar-refractivity contribution in [2.75, 3.05) is 12.3 Å². The summed E-state index contributed by atoms with van der Waals surface area (Å²) in [5.74, 6) is -0.570. The molecule has 0 aliphatic heterocycles. The molecule has 0 saturated heterocycles. The van der Waals surface area contributed by atoms with Gasteiger partial charge in [0, 0.05) is 22.4 Å². The summed E-state index contributed by atoms with van der Waals surface area (Å²) in [7, 11) is -1.34. The summed E-state index contributed by atoms with van der Waals surface area (Å²) in [6.07, 6.45) is 1.90. The summed E-state index contributed by atoms with van der Waals surface area (Å²) < 4.78 is 24.6. The van der Waals surface area contributed by atoms with Crippen molar-refractivity contribution in [2.24, 2.45) is 0 Å². The highest BCUT2D eigenvalue weighted by atomic mass is 35.5. The molecule has 0 saturated carbocycles. The van der Waals surface area contributed by atoms with Crippen LogP contribution in [0.2, 0.25) is 5.02 Å². The SMILES string of the molecule is CCCCNC(=O)C[S@](=O)Cc1ccc(F)cc1Cl. The van der Waals surface area contributed by atoms with E-state index in [0.29, 0.717) is 12.1 Å². The fraction of sp³-hybridized carbons (Fsp3) is 0.462. The van der Waals surface area contributed by atoms with Crippen molar-refractivity contribution < 1.29 is 13.4 Å². The molecule has 3 nitrogen and oxygen atoms in total. The number of rotatable bonds is 7. The Kier molecular flexibility index (Phi) is 7.02. The van der Waals surface area contributed by atoms with E-state index < -0.39 is 16.6 Å². The van der Waals surface area contributed by atoms with Crippen LogP contribution in [0.3, 0.4) is 0 Å². The van der Waals surface area contributed by atoms with Gasteiger partial charge in [0.1, 0.15) is 11.6 Å². The van der Waals surface area contributed by atoms with Crippen molar-refractivity contribution in [3.05, 3.63) is 34.6 Å². The highest BCUT2D eigenvalue weighted by Crippen LogP contribution is 2.18. The normalized spacial score (nSPS) is 12.2. The molecular formula is C13H17ClFNO2S. The number of hydrogen-bond acceptors (Lipinski definition) is 2. The van der Waals surface area contributed by atoms with Crippen LogP contribution < -0.4 is 5.32 Å². The third kappa shape index (κ3) is 6.16. The molecule has 19 heavy (non-hydrogen) atoms. The second-order valence-electron chi connectivity index (χ2n) is 4.17. The lowest BCUT2D eigenvalue weighted by molar-refractivity contribution is -0.118. The minimum Gasteiger partial charge on any atom is -0.355 e. The minimum absolute atomic E-state index is 0.0581. The van der Waals surface area contributed by atoms with E-state index in [2.05, 4.69) is 5.32 Å². The third-order valence-corrected chi connectivity index (χ3v) is 4.05. The molecular weight excluding hydrogens is 289 g/mol. The van der Waals surface area contributed by atoms with Gasteiger partial charge >= 0.3 is 0 Å². The number of nitrogens with one attached hydrogen (secondary N) is 1. The Hall–Kier alpha value is -0.940. The average Bonchev–Trinajstić information content (AvgIpc) is 2.33. The Morgan fingerprint density at radius 3 is 2.84 bits per heavy atom. The number of hydrogen-bond donors (Lipinski definition) is 1. The molecule has 0 aliphatic carbocycles. The van der Waals surface area contributed by atoms with E-state index in [1.807, 2.05) is 6.92 Å². The molecule has 0 spiro atoms. The fourth-order valence-corrected chi connectivity index (χ4v) is 2.87. The Morgan fingerprint density at radius 1 is 1.47 bits per heavy atom. The number of halogens is 2.